The molecule has 0 aliphatic carbocycles. The van der Waals surface area contributed by atoms with Gasteiger partial charge in [0.1, 0.15) is 11.6 Å². The predicted molar refractivity (Wildman–Crippen MR) is 239 cm³/mol. The molecular weight excluding hydrogens is 695 g/mol. The van der Waals surface area contributed by atoms with E-state index in [4.69, 9.17) is 21.4 Å². The number of phenolic OH excluding ortho intramolecular Hbond substituents is 1. The molecule has 2 heterocycles. The molecule has 57 heavy (non-hydrogen) atoms. The van der Waals surface area contributed by atoms with Crippen molar-refractivity contribution < 1.29 is 22.9 Å². The van der Waals surface area contributed by atoms with E-state index in [2.05, 4.69) is 25.8 Å². The van der Waals surface area contributed by atoms with Crippen LogP contribution < -0.4 is 0 Å². The van der Waals surface area contributed by atoms with Crippen LogP contribution in [0.1, 0.15) is 87.2 Å². The van der Waals surface area contributed by atoms with E-state index in [1.807, 2.05) is 105 Å². The predicted octanol–water partition coefficient (Wildman–Crippen LogP) is 14.0. The molecule has 284 valence electrons. The van der Waals surface area contributed by atoms with Gasteiger partial charge < -0.3 is 5.11 Å². The number of benzene rings is 6. The molecule has 0 saturated heterocycles. The maximum atomic E-state index is 12.0. The SMILES string of the molecule is [2H]c1nc(-c2cc(-c3cccc4c3nc(-c3cc(C(C)(C)C)cc(C)c3O)n4-c3ccc(C([2H])([2H])[2H])cc3-c3ccccc3)cc(C(C)(C)C)c2)c([2H])c(-c2c([2H])c([2H])c(C([2H])([2H])[2H])c([2H])c2[2H])c1[2H]. The quantitative estimate of drug-likeness (QED) is 0.184. The van der Waals surface area contributed by atoms with Crippen molar-refractivity contribution >= 4 is 11.0 Å². The lowest BCUT2D eigenvalue weighted by Crippen LogP contribution is -2.12. The fourth-order valence-corrected chi connectivity index (χ4v) is 7.09. The number of hydrogen-bond donors (Lipinski definition) is 1. The summed E-state index contributed by atoms with van der Waals surface area (Å²) in [6.45, 7) is 8.70. The number of fused-ring (bicyclic) bond motifs is 1. The van der Waals surface area contributed by atoms with Crippen LogP contribution in [0.2, 0.25) is 0 Å². The molecule has 0 unspecified atom stereocenters. The molecule has 2 aromatic heterocycles. The average Bonchev–Trinajstić information content (AvgIpc) is 3.67. The van der Waals surface area contributed by atoms with Gasteiger partial charge in [0.15, 0.2) is 0 Å². The zero-order chi connectivity index (χ0) is 51.3. The molecule has 0 bridgehead atoms. The Bertz CT molecular complexity index is 3390. The van der Waals surface area contributed by atoms with E-state index in [1.54, 1.807) is 24.3 Å². The van der Waals surface area contributed by atoms with Crippen LogP contribution in [0.25, 0.3) is 72.7 Å². The monoisotopic (exact) mass is 758 g/mol. The zero-order valence-electron chi connectivity index (χ0n) is 46.0. The van der Waals surface area contributed by atoms with Crippen LogP contribution in [-0.4, -0.2) is 19.6 Å². The number of aromatic hydroxyl groups is 1. The maximum Gasteiger partial charge on any atom is 0.149 e. The summed E-state index contributed by atoms with van der Waals surface area (Å²) in [5.41, 5.74) is 5.04. The standard InChI is InChI=1S/C53H51N3O/c1-33-18-21-36(22-19-33)38-24-25-54-46(31-38)40-28-39(29-42(30-40)53(7,8)9)43-16-13-17-48-49(43)55-51(45-32-41(52(4,5)6)27-35(3)50(45)57)56(48)47-23-20-34(2)26-44(47)37-14-11-10-12-15-37/h10-32,57H,1-9H3/i1D3,2D3,18D,19D,21D,22D,24D,25D,31D. The molecule has 0 fully saturated rings. The Morgan fingerprint density at radius 2 is 1.33 bits per heavy atom. The Morgan fingerprint density at radius 1 is 0.614 bits per heavy atom. The molecule has 6 aromatic carbocycles. The number of imidazole rings is 1. The van der Waals surface area contributed by atoms with E-state index in [0.29, 0.717) is 55.9 Å². The van der Waals surface area contributed by atoms with Gasteiger partial charge in [-0.1, -0.05) is 138 Å². The molecule has 8 rings (SSSR count). The fraction of sp³-hybridized carbons (Fsp3) is 0.208. The smallest absolute Gasteiger partial charge is 0.149 e. The molecule has 0 spiro atoms. The Hall–Kier alpha value is -6.26. The molecular formula is C53H51N3O. The first-order valence-electron chi connectivity index (χ1n) is 25.3. The summed E-state index contributed by atoms with van der Waals surface area (Å²) in [5.74, 6) is 0.404. The van der Waals surface area contributed by atoms with Gasteiger partial charge in [-0.25, -0.2) is 4.98 Å². The maximum absolute atomic E-state index is 12.0. The molecule has 0 amide bonds. The highest BCUT2D eigenvalue weighted by molar-refractivity contribution is 5.98. The van der Waals surface area contributed by atoms with Crippen LogP contribution in [-0.2, 0) is 10.8 Å². The van der Waals surface area contributed by atoms with E-state index < -0.39 is 78.2 Å². The van der Waals surface area contributed by atoms with Gasteiger partial charge in [0.05, 0.1) is 37.6 Å². The minimum absolute atomic E-state index is 0.0205. The summed E-state index contributed by atoms with van der Waals surface area (Å²) >= 11 is 0. The zero-order valence-corrected chi connectivity index (χ0v) is 33.0. The first kappa shape index (κ1) is 25.1. The molecule has 4 nitrogen and oxygen atoms in total. The molecule has 4 heteroatoms. The largest absolute Gasteiger partial charge is 0.507 e. The van der Waals surface area contributed by atoms with Crippen molar-refractivity contribution in [3.8, 4) is 67.5 Å². The van der Waals surface area contributed by atoms with Crippen LogP contribution in [0.15, 0.2) is 139 Å². The number of rotatable bonds is 6. The number of nitrogens with zero attached hydrogens (tertiary/aromatic N) is 3. The van der Waals surface area contributed by atoms with Gasteiger partial charge >= 0.3 is 0 Å². The highest BCUT2D eigenvalue weighted by Gasteiger charge is 2.26. The van der Waals surface area contributed by atoms with Crippen molar-refractivity contribution in [3.63, 3.8) is 0 Å². The van der Waals surface area contributed by atoms with Gasteiger partial charge in [-0.3, -0.25) is 9.55 Å². The van der Waals surface area contributed by atoms with Crippen LogP contribution in [0.4, 0.5) is 0 Å². The van der Waals surface area contributed by atoms with E-state index in [9.17, 15) is 6.48 Å². The lowest BCUT2D eigenvalue weighted by Gasteiger charge is -2.22. The van der Waals surface area contributed by atoms with Gasteiger partial charge in [0.2, 0.25) is 0 Å². The summed E-state index contributed by atoms with van der Waals surface area (Å²) in [6.07, 6.45) is -0.600. The second-order valence-corrected chi connectivity index (χ2v) is 16.5. The van der Waals surface area contributed by atoms with E-state index in [1.165, 1.54) is 0 Å². The summed E-state index contributed by atoms with van der Waals surface area (Å²) in [6, 6.07) is 25.3. The molecule has 0 aliphatic heterocycles. The highest BCUT2D eigenvalue weighted by atomic mass is 16.3. The van der Waals surface area contributed by atoms with Crippen molar-refractivity contribution in [1.82, 2.24) is 14.5 Å². The van der Waals surface area contributed by atoms with Crippen molar-refractivity contribution in [3.05, 3.63) is 167 Å². The second kappa shape index (κ2) is 14.4. The highest BCUT2D eigenvalue weighted by Crippen LogP contribution is 2.43. The molecule has 0 saturated carbocycles. The van der Waals surface area contributed by atoms with E-state index in [-0.39, 0.29) is 22.4 Å². The van der Waals surface area contributed by atoms with Crippen molar-refractivity contribution in [2.45, 2.75) is 73.0 Å². The first-order chi connectivity index (χ1) is 32.5. The van der Waals surface area contributed by atoms with Gasteiger partial charge in [-0.2, -0.15) is 0 Å². The molecule has 0 aliphatic rings. The molecule has 8 aromatic rings. The Labute approximate surface area is 355 Å². The van der Waals surface area contributed by atoms with Gasteiger partial charge in [-0.15, -0.1) is 0 Å². The number of aromatic nitrogens is 3. The van der Waals surface area contributed by atoms with E-state index >= 15 is 0 Å². The Morgan fingerprint density at radius 3 is 2.05 bits per heavy atom. The second-order valence-electron chi connectivity index (χ2n) is 16.5. The molecule has 1 N–H and O–H groups in total. The number of para-hydroxylation sites is 1. The van der Waals surface area contributed by atoms with Gasteiger partial charge in [-0.05, 0) is 119 Å². The summed E-state index contributed by atoms with van der Waals surface area (Å²) in [7, 11) is 0. The third kappa shape index (κ3) is 7.29. The Balaban J connectivity index is 1.46. The lowest BCUT2D eigenvalue weighted by molar-refractivity contribution is 0.471. The summed E-state index contributed by atoms with van der Waals surface area (Å²) in [5, 5.41) is 12.0. The van der Waals surface area contributed by atoms with Crippen LogP contribution in [0.3, 0.4) is 0 Å². The van der Waals surface area contributed by atoms with Crippen LogP contribution in [0.5, 0.6) is 5.75 Å². The van der Waals surface area contributed by atoms with Crippen molar-refractivity contribution in [2.24, 2.45) is 0 Å². The fourth-order valence-electron chi connectivity index (χ4n) is 7.09. The van der Waals surface area contributed by atoms with Gasteiger partial charge in [0.25, 0.3) is 0 Å². The number of pyridine rings is 1. The van der Waals surface area contributed by atoms with Crippen molar-refractivity contribution in [2.75, 3.05) is 0 Å². The lowest BCUT2D eigenvalue weighted by atomic mass is 9.83. The number of aryl methyl sites for hydroxylation is 2. The first-order valence-corrected chi connectivity index (χ1v) is 18.8. The summed E-state index contributed by atoms with van der Waals surface area (Å²) in [4.78, 5) is 9.80. The van der Waals surface area contributed by atoms with Crippen LogP contribution in [0, 0.1) is 20.6 Å². The topological polar surface area (TPSA) is 50.9 Å². The van der Waals surface area contributed by atoms with E-state index in [0.717, 1.165) is 16.7 Å². The minimum atomic E-state index is -2.98. The summed E-state index contributed by atoms with van der Waals surface area (Å²) < 4.78 is 113. The van der Waals surface area contributed by atoms with Crippen LogP contribution >= 0.6 is 0 Å². The van der Waals surface area contributed by atoms with Crippen molar-refractivity contribution in [1.29, 1.82) is 0 Å². The van der Waals surface area contributed by atoms with Gasteiger partial charge in [0, 0.05) is 31.1 Å². The Kier molecular flexibility index (Phi) is 6.32. The third-order valence-electron chi connectivity index (χ3n) is 10.3. The average molecular weight is 759 g/mol. The third-order valence-corrected chi connectivity index (χ3v) is 10.3. The number of phenols is 1. The minimum Gasteiger partial charge on any atom is -0.507 e. The molecule has 0 atom stereocenters. The normalized spacial score (nSPS) is 15.7. The number of hydrogen-bond acceptors (Lipinski definition) is 3. The molecule has 0 radical (unpaired) electrons.